The van der Waals surface area contributed by atoms with E-state index in [-0.39, 0.29) is 12.2 Å². The molecule has 0 unspecified atom stereocenters. The van der Waals surface area contributed by atoms with E-state index in [4.69, 9.17) is 9.47 Å². The molecule has 0 amide bonds. The summed E-state index contributed by atoms with van der Waals surface area (Å²) in [6.45, 7) is 8.21. The minimum absolute atomic E-state index is 0.125. The van der Waals surface area contributed by atoms with Crippen LogP contribution in [-0.2, 0) is 16.0 Å². The van der Waals surface area contributed by atoms with E-state index in [1.54, 1.807) is 6.08 Å². The minimum Gasteiger partial charge on any atom is -0.340 e. The highest BCUT2D eigenvalue weighted by molar-refractivity contribution is 5.65. The summed E-state index contributed by atoms with van der Waals surface area (Å²) < 4.78 is 11.4. The smallest absolute Gasteiger partial charge is 0.164 e. The Bertz CT molecular complexity index is 425. The van der Waals surface area contributed by atoms with E-state index < -0.39 is 5.79 Å². The summed E-state index contributed by atoms with van der Waals surface area (Å²) in [5.74, 6) is -0.567. The molecule has 1 heterocycles. The molecule has 18 heavy (non-hydrogen) atoms. The van der Waals surface area contributed by atoms with Gasteiger partial charge in [0.15, 0.2) is 5.79 Å². The van der Waals surface area contributed by atoms with Crippen molar-refractivity contribution in [2.75, 3.05) is 0 Å². The average Bonchev–Trinajstić information content (AvgIpc) is 2.65. The van der Waals surface area contributed by atoms with Crippen LogP contribution in [0.25, 0.3) is 0 Å². The van der Waals surface area contributed by atoms with Gasteiger partial charge in [-0.15, -0.1) is 6.58 Å². The first-order chi connectivity index (χ1) is 8.61. The third-order valence-corrected chi connectivity index (χ3v) is 2.76. The highest BCUT2D eigenvalue weighted by Crippen LogP contribution is 2.27. The molecule has 2 rings (SSSR count). The molecule has 1 aliphatic rings. The van der Waals surface area contributed by atoms with Gasteiger partial charge >= 0.3 is 0 Å². The zero-order valence-corrected chi connectivity index (χ0v) is 10.9. The summed E-state index contributed by atoms with van der Waals surface area (Å²) in [5, 5.41) is 0. The maximum Gasteiger partial charge on any atom is 0.164 e. The normalized spacial score (nSPS) is 26.6. The van der Waals surface area contributed by atoms with Crippen molar-refractivity contribution in [3.05, 3.63) is 48.6 Å². The van der Waals surface area contributed by atoms with E-state index >= 15 is 0 Å². The average molecular weight is 245 g/mol. The van der Waals surface area contributed by atoms with Crippen LogP contribution in [0.3, 0.4) is 0 Å². The molecule has 2 atom stereocenters. The number of hydrogen-bond acceptors (Lipinski definition) is 3. The third-order valence-electron chi connectivity index (χ3n) is 2.76. The van der Waals surface area contributed by atoms with Gasteiger partial charge in [0, 0.05) is 6.21 Å². The Morgan fingerprint density at radius 1 is 1.22 bits per heavy atom. The van der Waals surface area contributed by atoms with Crippen LogP contribution in [0.5, 0.6) is 0 Å². The predicted molar refractivity (Wildman–Crippen MR) is 72.7 cm³/mol. The molecule has 0 spiro atoms. The van der Waals surface area contributed by atoms with Gasteiger partial charge < -0.3 is 9.47 Å². The number of ether oxygens (including phenoxy) is 2. The summed E-state index contributed by atoms with van der Waals surface area (Å²) in [4.78, 5) is 4.41. The van der Waals surface area contributed by atoms with Gasteiger partial charge in [-0.2, -0.15) is 0 Å². The Balaban J connectivity index is 1.95. The first-order valence-electron chi connectivity index (χ1n) is 6.13. The monoisotopic (exact) mass is 245 g/mol. The summed E-state index contributed by atoms with van der Waals surface area (Å²) in [5.41, 5.74) is 1.18. The summed E-state index contributed by atoms with van der Waals surface area (Å²) in [7, 11) is 0. The molecule has 96 valence electrons. The Kier molecular flexibility index (Phi) is 3.94. The topological polar surface area (TPSA) is 30.8 Å². The Morgan fingerprint density at radius 3 is 2.56 bits per heavy atom. The molecule has 1 fully saturated rings. The lowest BCUT2D eigenvalue weighted by atomic mass is 10.2. The van der Waals surface area contributed by atoms with Crippen LogP contribution in [0.2, 0.25) is 0 Å². The van der Waals surface area contributed by atoms with Gasteiger partial charge in [-0.05, 0) is 19.4 Å². The van der Waals surface area contributed by atoms with Crippen molar-refractivity contribution in [2.45, 2.75) is 38.4 Å². The lowest BCUT2D eigenvalue weighted by Crippen LogP contribution is -2.22. The van der Waals surface area contributed by atoms with E-state index in [9.17, 15) is 0 Å². The third kappa shape index (κ3) is 3.28. The molecule has 3 nitrogen and oxygen atoms in total. The highest BCUT2D eigenvalue weighted by Gasteiger charge is 2.38. The zero-order chi connectivity index (χ0) is 13.0. The van der Waals surface area contributed by atoms with Crippen molar-refractivity contribution < 1.29 is 9.47 Å². The second-order valence-corrected chi connectivity index (χ2v) is 4.78. The Hall–Kier alpha value is -1.45. The molecule has 1 saturated heterocycles. The van der Waals surface area contributed by atoms with Crippen molar-refractivity contribution >= 4 is 6.21 Å². The van der Waals surface area contributed by atoms with Gasteiger partial charge in [0.1, 0.15) is 12.2 Å². The SMILES string of the molecule is C=C[C@H]1OC(C)(C)O[C@H]1C=NCc1ccccc1. The second-order valence-electron chi connectivity index (χ2n) is 4.78. The van der Waals surface area contributed by atoms with Gasteiger partial charge in [0.25, 0.3) is 0 Å². The number of nitrogens with zero attached hydrogens (tertiary/aromatic N) is 1. The van der Waals surface area contributed by atoms with Gasteiger partial charge in [-0.25, -0.2) is 0 Å². The predicted octanol–water partition coefficient (Wildman–Crippen LogP) is 2.96. The Morgan fingerprint density at radius 2 is 1.89 bits per heavy atom. The van der Waals surface area contributed by atoms with E-state index in [1.165, 1.54) is 5.56 Å². The molecular weight excluding hydrogens is 226 g/mol. The van der Waals surface area contributed by atoms with E-state index in [1.807, 2.05) is 38.3 Å². The fourth-order valence-corrected chi connectivity index (χ4v) is 1.96. The highest BCUT2D eigenvalue weighted by atomic mass is 16.7. The number of rotatable bonds is 4. The minimum atomic E-state index is -0.567. The van der Waals surface area contributed by atoms with Crippen molar-refractivity contribution in [1.82, 2.24) is 0 Å². The molecular formula is C15H19NO2. The van der Waals surface area contributed by atoms with Crippen LogP contribution in [0.15, 0.2) is 48.0 Å². The summed E-state index contributed by atoms with van der Waals surface area (Å²) >= 11 is 0. The maximum atomic E-state index is 5.75. The van der Waals surface area contributed by atoms with Crippen LogP contribution in [0.4, 0.5) is 0 Å². The van der Waals surface area contributed by atoms with Gasteiger partial charge in [0.05, 0.1) is 6.54 Å². The molecule has 1 aromatic rings. The van der Waals surface area contributed by atoms with Crippen molar-refractivity contribution in [1.29, 1.82) is 0 Å². The molecule has 0 N–H and O–H groups in total. The fraction of sp³-hybridized carbons (Fsp3) is 0.400. The standard InChI is InChI=1S/C15H19NO2/c1-4-13-14(18-15(2,3)17-13)11-16-10-12-8-6-5-7-9-12/h4-9,11,13-14H,1,10H2,2-3H3/t13-,14+/m1/s1. The van der Waals surface area contributed by atoms with Crippen molar-refractivity contribution in [3.63, 3.8) is 0 Å². The van der Waals surface area contributed by atoms with Crippen LogP contribution in [0, 0.1) is 0 Å². The first kappa shape index (κ1) is 13.0. The van der Waals surface area contributed by atoms with Crippen molar-refractivity contribution in [2.24, 2.45) is 4.99 Å². The van der Waals surface area contributed by atoms with Crippen LogP contribution < -0.4 is 0 Å². The quantitative estimate of drug-likeness (QED) is 0.603. The van der Waals surface area contributed by atoms with Crippen LogP contribution in [-0.4, -0.2) is 24.2 Å². The van der Waals surface area contributed by atoms with Crippen molar-refractivity contribution in [3.8, 4) is 0 Å². The van der Waals surface area contributed by atoms with Gasteiger partial charge in [-0.3, -0.25) is 4.99 Å². The van der Waals surface area contributed by atoms with Crippen LogP contribution >= 0.6 is 0 Å². The number of benzene rings is 1. The maximum absolute atomic E-state index is 5.75. The molecule has 0 aromatic heterocycles. The molecule has 0 bridgehead atoms. The number of hydrogen-bond donors (Lipinski definition) is 0. The zero-order valence-electron chi connectivity index (χ0n) is 10.9. The Labute approximate surface area is 108 Å². The molecule has 0 saturated carbocycles. The lowest BCUT2D eigenvalue weighted by Gasteiger charge is -2.15. The fourth-order valence-electron chi connectivity index (χ4n) is 1.96. The largest absolute Gasteiger partial charge is 0.340 e. The summed E-state index contributed by atoms with van der Waals surface area (Å²) in [6.07, 6.45) is 3.29. The van der Waals surface area contributed by atoms with E-state index in [0.717, 1.165) is 0 Å². The van der Waals surface area contributed by atoms with Gasteiger partial charge in [-0.1, -0.05) is 36.4 Å². The lowest BCUT2D eigenvalue weighted by molar-refractivity contribution is -0.137. The number of aliphatic imine (C=N–C) groups is 1. The molecule has 1 aliphatic heterocycles. The molecule has 3 heteroatoms. The van der Waals surface area contributed by atoms with Gasteiger partial charge in [0.2, 0.25) is 0 Å². The molecule has 0 radical (unpaired) electrons. The molecule has 1 aromatic carbocycles. The summed E-state index contributed by atoms with van der Waals surface area (Å²) in [6, 6.07) is 10.1. The van der Waals surface area contributed by atoms with Crippen LogP contribution in [0.1, 0.15) is 19.4 Å². The second kappa shape index (κ2) is 5.46. The molecule has 0 aliphatic carbocycles. The van der Waals surface area contributed by atoms with E-state index in [2.05, 4.69) is 23.7 Å². The van der Waals surface area contributed by atoms with E-state index in [0.29, 0.717) is 6.54 Å². The first-order valence-corrected chi connectivity index (χ1v) is 6.13.